The molecule has 0 saturated carbocycles. The minimum Gasteiger partial charge on any atom is -0.481 e. The van der Waals surface area contributed by atoms with Crippen molar-refractivity contribution in [3.05, 3.63) is 40.1 Å². The van der Waals surface area contributed by atoms with Gasteiger partial charge in [0.05, 0.1) is 12.6 Å². The van der Waals surface area contributed by atoms with Crippen molar-refractivity contribution in [1.82, 2.24) is 9.97 Å². The van der Waals surface area contributed by atoms with Crippen LogP contribution in [0, 0.1) is 0 Å². The van der Waals surface area contributed by atoms with Crippen molar-refractivity contribution >= 4 is 29.2 Å². The maximum Gasteiger partial charge on any atom is 0.374 e. The van der Waals surface area contributed by atoms with Crippen molar-refractivity contribution in [3.8, 4) is 0 Å². The molecule has 130 valence electrons. The number of nitrogens with one attached hydrogen (secondary N) is 1. The number of imidazole rings is 1. The van der Waals surface area contributed by atoms with Crippen LogP contribution in [0.4, 0.5) is 0 Å². The quantitative estimate of drug-likeness (QED) is 0.719. The molecule has 0 aliphatic heterocycles. The van der Waals surface area contributed by atoms with Gasteiger partial charge in [0, 0.05) is 4.88 Å². The molecule has 0 amide bonds. The number of aromatic amines is 1. The van der Waals surface area contributed by atoms with Gasteiger partial charge in [-0.3, -0.25) is 4.79 Å². The largest absolute Gasteiger partial charge is 0.481 e. The highest BCUT2D eigenvalue weighted by Crippen LogP contribution is 2.10. The third-order valence-corrected chi connectivity index (χ3v) is 3.18. The molecule has 3 N–H and O–H groups in total. The first-order valence-corrected chi connectivity index (χ1v) is 7.72. The van der Waals surface area contributed by atoms with Gasteiger partial charge in [-0.25, -0.2) is 14.6 Å². The summed E-state index contributed by atoms with van der Waals surface area (Å²) in [6.45, 7) is 5.14. The van der Waals surface area contributed by atoms with Crippen LogP contribution < -0.4 is 0 Å². The molecule has 0 aliphatic carbocycles. The molecule has 2 rings (SSSR count). The zero-order chi connectivity index (χ0) is 18.3. The summed E-state index contributed by atoms with van der Waals surface area (Å²) in [5.41, 5.74) is -0.774. The Balaban J connectivity index is 0.000000272. The van der Waals surface area contributed by atoms with Gasteiger partial charge < -0.3 is 19.9 Å². The number of ether oxygens (including phenoxy) is 1. The fourth-order valence-electron chi connectivity index (χ4n) is 1.42. The zero-order valence-electron chi connectivity index (χ0n) is 13.4. The molecule has 2 aromatic heterocycles. The van der Waals surface area contributed by atoms with Crippen molar-refractivity contribution in [2.45, 2.75) is 32.8 Å². The van der Waals surface area contributed by atoms with Gasteiger partial charge in [-0.2, -0.15) is 0 Å². The van der Waals surface area contributed by atoms with Crippen LogP contribution in [0.5, 0.6) is 0 Å². The molecule has 0 fully saturated rings. The molecule has 0 unspecified atom stereocenters. The Morgan fingerprint density at radius 3 is 2.38 bits per heavy atom. The predicted molar refractivity (Wildman–Crippen MR) is 86.4 cm³/mol. The summed E-state index contributed by atoms with van der Waals surface area (Å²) < 4.78 is 4.99. The van der Waals surface area contributed by atoms with E-state index in [1.165, 1.54) is 11.3 Å². The number of aromatic nitrogens is 2. The van der Waals surface area contributed by atoms with E-state index in [1.807, 2.05) is 17.5 Å². The minimum absolute atomic E-state index is 0.109. The van der Waals surface area contributed by atoms with E-state index >= 15 is 0 Å². The Labute approximate surface area is 142 Å². The lowest BCUT2D eigenvalue weighted by molar-refractivity contribution is -0.136. The van der Waals surface area contributed by atoms with Crippen molar-refractivity contribution in [2.75, 3.05) is 0 Å². The second-order valence-electron chi connectivity index (χ2n) is 5.60. The highest BCUT2D eigenvalue weighted by molar-refractivity contribution is 7.10. The fraction of sp³-hybridized carbons (Fsp3) is 0.333. The number of rotatable bonds is 4. The molecule has 0 aliphatic rings. The first-order chi connectivity index (χ1) is 11.1. The number of nitrogens with zero attached hydrogens (tertiary/aromatic N) is 1. The molecule has 8 nitrogen and oxygen atoms in total. The number of hydrogen-bond acceptors (Lipinski definition) is 6. The summed E-state index contributed by atoms with van der Waals surface area (Å²) in [6, 6.07) is 3.67. The van der Waals surface area contributed by atoms with Crippen LogP contribution in [-0.4, -0.2) is 43.7 Å². The van der Waals surface area contributed by atoms with Crippen molar-refractivity contribution in [1.29, 1.82) is 0 Å². The SMILES string of the molecule is CC(C)(C)OC(=O)c1ncc(C(=O)O)[nH]1.O=C(O)Cc1cccs1. The maximum absolute atomic E-state index is 11.4. The third-order valence-electron chi connectivity index (χ3n) is 2.30. The molecule has 2 heterocycles. The van der Waals surface area contributed by atoms with Gasteiger partial charge in [-0.05, 0) is 32.2 Å². The second-order valence-corrected chi connectivity index (χ2v) is 6.63. The number of carbonyl (C=O) groups is 3. The fourth-order valence-corrected chi connectivity index (χ4v) is 2.12. The lowest BCUT2D eigenvalue weighted by atomic mass is 10.2. The van der Waals surface area contributed by atoms with E-state index in [-0.39, 0.29) is 17.9 Å². The average molecular weight is 354 g/mol. The van der Waals surface area contributed by atoms with Crippen LogP contribution in [0.2, 0.25) is 0 Å². The molecule has 0 saturated heterocycles. The van der Waals surface area contributed by atoms with E-state index in [1.54, 1.807) is 20.8 Å². The van der Waals surface area contributed by atoms with Crippen LogP contribution >= 0.6 is 11.3 Å². The topological polar surface area (TPSA) is 130 Å². The summed E-state index contributed by atoms with van der Waals surface area (Å²) in [5, 5.41) is 18.8. The maximum atomic E-state index is 11.4. The van der Waals surface area contributed by atoms with Crippen LogP contribution in [0.1, 0.15) is 46.8 Å². The molecule has 0 aromatic carbocycles. The third kappa shape index (κ3) is 7.05. The van der Waals surface area contributed by atoms with Crippen molar-refractivity contribution in [2.24, 2.45) is 0 Å². The monoisotopic (exact) mass is 354 g/mol. The van der Waals surface area contributed by atoms with Gasteiger partial charge in [0.2, 0.25) is 5.82 Å². The summed E-state index contributed by atoms with van der Waals surface area (Å²) in [7, 11) is 0. The molecular weight excluding hydrogens is 336 g/mol. The number of hydrogen-bond donors (Lipinski definition) is 3. The molecule has 9 heteroatoms. The predicted octanol–water partition coefficient (Wildman–Crippen LogP) is 2.44. The molecule has 2 aromatic rings. The smallest absolute Gasteiger partial charge is 0.374 e. The average Bonchev–Trinajstić information content (AvgIpc) is 3.06. The lowest BCUT2D eigenvalue weighted by Gasteiger charge is -2.18. The van der Waals surface area contributed by atoms with Gasteiger partial charge in [0.1, 0.15) is 11.3 Å². The number of aromatic carboxylic acids is 1. The number of thiophene rings is 1. The van der Waals surface area contributed by atoms with Crippen molar-refractivity contribution < 1.29 is 29.3 Å². The number of carbonyl (C=O) groups excluding carboxylic acids is 1. The Kier molecular flexibility index (Phi) is 6.66. The number of carboxylic acid groups (broad SMARTS) is 2. The Morgan fingerprint density at radius 2 is 1.96 bits per heavy atom. The summed E-state index contributed by atoms with van der Waals surface area (Å²) in [4.78, 5) is 38.8. The normalized spacial score (nSPS) is 10.5. The van der Waals surface area contributed by atoms with E-state index in [4.69, 9.17) is 14.9 Å². The van der Waals surface area contributed by atoms with E-state index < -0.39 is 23.5 Å². The van der Waals surface area contributed by atoms with Crippen LogP contribution in [0.25, 0.3) is 0 Å². The Morgan fingerprint density at radius 1 is 1.29 bits per heavy atom. The number of esters is 1. The number of aliphatic carboxylic acids is 1. The minimum atomic E-state index is -1.17. The molecule has 0 spiro atoms. The van der Waals surface area contributed by atoms with Gasteiger partial charge >= 0.3 is 17.9 Å². The second kappa shape index (κ2) is 8.25. The van der Waals surface area contributed by atoms with Gasteiger partial charge in [-0.1, -0.05) is 6.07 Å². The van der Waals surface area contributed by atoms with E-state index in [9.17, 15) is 14.4 Å². The highest BCUT2D eigenvalue weighted by atomic mass is 32.1. The first kappa shape index (κ1) is 19.4. The molecular formula is C15H18N2O6S. The molecule has 0 radical (unpaired) electrons. The van der Waals surface area contributed by atoms with Crippen molar-refractivity contribution in [3.63, 3.8) is 0 Å². The van der Waals surface area contributed by atoms with Crippen LogP contribution in [0.3, 0.4) is 0 Å². The summed E-state index contributed by atoms with van der Waals surface area (Å²) in [5.74, 6) is -2.72. The van der Waals surface area contributed by atoms with Gasteiger partial charge in [0.25, 0.3) is 0 Å². The van der Waals surface area contributed by atoms with Gasteiger partial charge in [0.15, 0.2) is 0 Å². The van der Waals surface area contributed by atoms with E-state index in [0.29, 0.717) is 0 Å². The number of carboxylic acids is 2. The molecule has 0 bridgehead atoms. The van der Waals surface area contributed by atoms with Crippen LogP contribution in [0.15, 0.2) is 23.7 Å². The summed E-state index contributed by atoms with van der Waals surface area (Å²) in [6.07, 6.45) is 1.22. The zero-order valence-corrected chi connectivity index (χ0v) is 14.2. The molecule has 0 atom stereocenters. The first-order valence-electron chi connectivity index (χ1n) is 6.84. The van der Waals surface area contributed by atoms with E-state index in [0.717, 1.165) is 11.1 Å². The van der Waals surface area contributed by atoms with E-state index in [2.05, 4.69) is 9.97 Å². The lowest BCUT2D eigenvalue weighted by Crippen LogP contribution is -2.24. The summed E-state index contributed by atoms with van der Waals surface area (Å²) >= 11 is 1.47. The van der Waals surface area contributed by atoms with Crippen LogP contribution in [-0.2, 0) is 16.0 Å². The Hall–Kier alpha value is -2.68. The standard InChI is InChI=1S/C9H12N2O4.C6H6O2S/c1-9(2,3)15-8(14)6-10-4-5(11-6)7(12)13;7-6(8)4-5-2-1-3-9-5/h4H,1-3H3,(H,10,11)(H,12,13);1-3H,4H2,(H,7,8). The Bertz CT molecular complexity index is 700. The van der Waals surface area contributed by atoms with Gasteiger partial charge in [-0.15, -0.1) is 11.3 Å². The molecule has 24 heavy (non-hydrogen) atoms. The highest BCUT2D eigenvalue weighted by Gasteiger charge is 2.21. The number of H-pyrrole nitrogens is 1.